The van der Waals surface area contributed by atoms with Crippen LogP contribution in [0.1, 0.15) is 10.5 Å². The van der Waals surface area contributed by atoms with Crippen molar-refractivity contribution in [3.63, 3.8) is 0 Å². The van der Waals surface area contributed by atoms with Crippen LogP contribution in [0, 0.1) is 0 Å². The fourth-order valence-electron chi connectivity index (χ4n) is 1.33. The SMILES string of the molecule is Nc1cc2cc(Cl)ccc2nc1C(=O)O. The molecule has 0 fully saturated rings. The molecule has 0 saturated carbocycles. The molecule has 1 aromatic carbocycles. The van der Waals surface area contributed by atoms with Crippen molar-refractivity contribution in [1.82, 2.24) is 4.98 Å². The lowest BCUT2D eigenvalue weighted by molar-refractivity contribution is 0.0692. The molecule has 0 aliphatic heterocycles. The van der Waals surface area contributed by atoms with Gasteiger partial charge < -0.3 is 10.8 Å². The van der Waals surface area contributed by atoms with Crippen molar-refractivity contribution < 1.29 is 9.90 Å². The number of aromatic carboxylic acids is 1. The van der Waals surface area contributed by atoms with E-state index < -0.39 is 5.97 Å². The van der Waals surface area contributed by atoms with Gasteiger partial charge in [-0.2, -0.15) is 0 Å². The number of fused-ring (bicyclic) bond motifs is 1. The molecule has 76 valence electrons. The number of hydrogen-bond acceptors (Lipinski definition) is 3. The zero-order valence-electron chi connectivity index (χ0n) is 7.57. The van der Waals surface area contributed by atoms with Gasteiger partial charge in [-0.25, -0.2) is 9.78 Å². The summed E-state index contributed by atoms with van der Waals surface area (Å²) in [6, 6.07) is 6.55. The smallest absolute Gasteiger partial charge is 0.356 e. The van der Waals surface area contributed by atoms with Crippen LogP contribution in [0.3, 0.4) is 0 Å². The Labute approximate surface area is 90.3 Å². The van der Waals surface area contributed by atoms with Crippen LogP contribution in [-0.2, 0) is 0 Å². The van der Waals surface area contributed by atoms with Gasteiger partial charge in [-0.15, -0.1) is 0 Å². The van der Waals surface area contributed by atoms with Crippen molar-refractivity contribution in [2.24, 2.45) is 0 Å². The Hall–Kier alpha value is -1.81. The summed E-state index contributed by atoms with van der Waals surface area (Å²) in [7, 11) is 0. The summed E-state index contributed by atoms with van der Waals surface area (Å²) in [5, 5.41) is 10.1. The monoisotopic (exact) mass is 222 g/mol. The highest BCUT2D eigenvalue weighted by Crippen LogP contribution is 2.21. The van der Waals surface area contributed by atoms with Gasteiger partial charge in [0.15, 0.2) is 5.69 Å². The van der Waals surface area contributed by atoms with Gasteiger partial charge in [0.2, 0.25) is 0 Å². The van der Waals surface area contributed by atoms with Crippen LogP contribution < -0.4 is 5.73 Å². The van der Waals surface area contributed by atoms with E-state index in [1.54, 1.807) is 24.3 Å². The number of halogens is 1. The highest BCUT2D eigenvalue weighted by atomic mass is 35.5. The zero-order valence-corrected chi connectivity index (χ0v) is 8.32. The Morgan fingerprint density at radius 3 is 2.80 bits per heavy atom. The van der Waals surface area contributed by atoms with Crippen molar-refractivity contribution in [3.8, 4) is 0 Å². The topological polar surface area (TPSA) is 76.2 Å². The van der Waals surface area contributed by atoms with Crippen LogP contribution in [0.15, 0.2) is 24.3 Å². The molecule has 1 heterocycles. The maximum Gasteiger partial charge on any atom is 0.356 e. The molecule has 0 spiro atoms. The Morgan fingerprint density at radius 1 is 1.40 bits per heavy atom. The van der Waals surface area contributed by atoms with Crippen LogP contribution in [0.25, 0.3) is 10.9 Å². The number of carboxylic acids is 1. The first kappa shape index (κ1) is 9.73. The maximum atomic E-state index is 10.8. The van der Waals surface area contributed by atoms with Gasteiger partial charge in [-0.05, 0) is 24.3 Å². The number of carboxylic acid groups (broad SMARTS) is 1. The number of nitrogens with zero attached hydrogens (tertiary/aromatic N) is 1. The Bertz CT molecular complexity index is 554. The molecule has 0 atom stereocenters. The van der Waals surface area contributed by atoms with E-state index in [2.05, 4.69) is 4.98 Å². The predicted octanol–water partition coefficient (Wildman–Crippen LogP) is 2.17. The second-order valence-corrected chi connectivity index (χ2v) is 3.50. The van der Waals surface area contributed by atoms with E-state index in [9.17, 15) is 4.79 Å². The third kappa shape index (κ3) is 1.71. The van der Waals surface area contributed by atoms with Gasteiger partial charge in [-0.1, -0.05) is 11.6 Å². The van der Waals surface area contributed by atoms with Gasteiger partial charge in [0.25, 0.3) is 0 Å². The lowest BCUT2D eigenvalue weighted by Crippen LogP contribution is -2.05. The molecule has 5 heteroatoms. The van der Waals surface area contributed by atoms with Gasteiger partial charge in [0, 0.05) is 10.4 Å². The minimum absolute atomic E-state index is 0.134. The number of pyridine rings is 1. The molecule has 2 aromatic rings. The second kappa shape index (κ2) is 3.40. The van der Waals surface area contributed by atoms with Crippen LogP contribution in [0.2, 0.25) is 5.02 Å². The first-order valence-corrected chi connectivity index (χ1v) is 4.55. The average Bonchev–Trinajstić information content (AvgIpc) is 2.15. The lowest BCUT2D eigenvalue weighted by Gasteiger charge is -2.03. The third-order valence-electron chi connectivity index (χ3n) is 2.01. The summed E-state index contributed by atoms with van der Waals surface area (Å²) in [6.45, 7) is 0. The highest BCUT2D eigenvalue weighted by molar-refractivity contribution is 6.31. The fourth-order valence-corrected chi connectivity index (χ4v) is 1.52. The number of rotatable bonds is 1. The number of anilines is 1. The van der Waals surface area contributed by atoms with E-state index >= 15 is 0 Å². The van der Waals surface area contributed by atoms with E-state index in [-0.39, 0.29) is 11.4 Å². The third-order valence-corrected chi connectivity index (χ3v) is 2.24. The van der Waals surface area contributed by atoms with Crippen molar-refractivity contribution in [3.05, 3.63) is 35.0 Å². The Morgan fingerprint density at radius 2 is 2.13 bits per heavy atom. The van der Waals surface area contributed by atoms with Crippen LogP contribution in [-0.4, -0.2) is 16.1 Å². The van der Waals surface area contributed by atoms with E-state index in [1.807, 2.05) is 0 Å². The highest BCUT2D eigenvalue weighted by Gasteiger charge is 2.10. The molecular weight excluding hydrogens is 216 g/mol. The predicted molar refractivity (Wildman–Crippen MR) is 58.1 cm³/mol. The summed E-state index contributed by atoms with van der Waals surface area (Å²) in [5.41, 5.74) is 6.11. The maximum absolute atomic E-state index is 10.8. The van der Waals surface area contributed by atoms with Crippen molar-refractivity contribution in [1.29, 1.82) is 0 Å². The Kier molecular flexibility index (Phi) is 2.21. The largest absolute Gasteiger partial charge is 0.476 e. The molecule has 0 bridgehead atoms. The van der Waals surface area contributed by atoms with Crippen molar-refractivity contribution in [2.75, 3.05) is 5.73 Å². The molecule has 2 rings (SSSR count). The number of benzene rings is 1. The van der Waals surface area contributed by atoms with Crippen molar-refractivity contribution >= 4 is 34.2 Å². The molecular formula is C10H7ClN2O2. The van der Waals surface area contributed by atoms with Crippen molar-refractivity contribution in [2.45, 2.75) is 0 Å². The fraction of sp³-hybridized carbons (Fsp3) is 0. The molecule has 4 nitrogen and oxygen atoms in total. The molecule has 0 radical (unpaired) electrons. The molecule has 0 aliphatic carbocycles. The number of nitrogen functional groups attached to an aromatic ring is 1. The van der Waals surface area contributed by atoms with E-state index in [0.29, 0.717) is 10.5 Å². The minimum Gasteiger partial charge on any atom is -0.476 e. The minimum atomic E-state index is -1.13. The normalized spacial score (nSPS) is 10.5. The van der Waals surface area contributed by atoms with Gasteiger partial charge in [0.05, 0.1) is 11.2 Å². The number of nitrogens with two attached hydrogens (primary N) is 1. The summed E-state index contributed by atoms with van der Waals surface area (Å²) >= 11 is 5.79. The van der Waals surface area contributed by atoms with E-state index in [0.717, 1.165) is 5.39 Å². The molecule has 0 unspecified atom stereocenters. The summed E-state index contributed by atoms with van der Waals surface area (Å²) in [5.74, 6) is -1.13. The van der Waals surface area contributed by atoms with Gasteiger partial charge in [0.1, 0.15) is 0 Å². The molecule has 3 N–H and O–H groups in total. The summed E-state index contributed by atoms with van der Waals surface area (Å²) < 4.78 is 0. The average molecular weight is 223 g/mol. The molecule has 0 aliphatic rings. The van der Waals surface area contributed by atoms with Gasteiger partial charge in [-0.3, -0.25) is 0 Å². The first-order chi connectivity index (χ1) is 7.08. The van der Waals surface area contributed by atoms with E-state index in [1.165, 1.54) is 0 Å². The second-order valence-electron chi connectivity index (χ2n) is 3.07. The Balaban J connectivity index is 2.76. The number of aromatic nitrogens is 1. The van der Waals surface area contributed by atoms with Gasteiger partial charge >= 0.3 is 5.97 Å². The van der Waals surface area contributed by atoms with E-state index in [4.69, 9.17) is 22.4 Å². The van der Waals surface area contributed by atoms with Crippen LogP contribution in [0.4, 0.5) is 5.69 Å². The molecule has 15 heavy (non-hydrogen) atoms. The lowest BCUT2D eigenvalue weighted by atomic mass is 10.2. The quantitative estimate of drug-likeness (QED) is 0.775. The molecule has 1 aromatic heterocycles. The number of hydrogen-bond donors (Lipinski definition) is 2. The summed E-state index contributed by atoms with van der Waals surface area (Å²) in [6.07, 6.45) is 0. The first-order valence-electron chi connectivity index (χ1n) is 4.17. The van der Waals surface area contributed by atoms with Crippen LogP contribution in [0.5, 0.6) is 0 Å². The summed E-state index contributed by atoms with van der Waals surface area (Å²) in [4.78, 5) is 14.7. The molecule has 0 amide bonds. The molecule has 0 saturated heterocycles. The number of carbonyl (C=O) groups is 1. The zero-order chi connectivity index (χ0) is 11.0. The van der Waals surface area contributed by atoms with Crippen LogP contribution >= 0.6 is 11.6 Å². The standard InChI is InChI=1S/C10H7ClN2O2/c11-6-1-2-8-5(3-6)4-7(12)9(13-8)10(14)15/h1-4H,12H2,(H,14,15).